The molecule has 0 atom stereocenters. The zero-order valence-corrected chi connectivity index (χ0v) is 16.7. The summed E-state index contributed by atoms with van der Waals surface area (Å²) in [5.74, 6) is -0.265. The Balaban J connectivity index is 3.15. The van der Waals surface area contributed by atoms with Gasteiger partial charge in [0, 0.05) is 11.5 Å². The molecule has 0 aromatic rings. The van der Waals surface area contributed by atoms with Gasteiger partial charge in [-0.3, -0.25) is 4.79 Å². The molecule has 0 heterocycles. The van der Waals surface area contributed by atoms with Crippen molar-refractivity contribution in [3.63, 3.8) is 0 Å². The number of carbonyl (C=O) groups excluding carboxylic acids is 1. The quantitative estimate of drug-likeness (QED) is 0.115. The van der Waals surface area contributed by atoms with Crippen LogP contribution < -0.4 is 0 Å². The van der Waals surface area contributed by atoms with Crippen molar-refractivity contribution >= 4 is 5.97 Å². The van der Waals surface area contributed by atoms with Gasteiger partial charge in [0.05, 0.1) is 72.5 Å². The number of rotatable bonds is 18. The maximum absolute atomic E-state index is 11.4. The molecular weight excluding hydrogens is 358 g/mol. The third kappa shape index (κ3) is 22.5. The van der Waals surface area contributed by atoms with Crippen molar-refractivity contribution < 1.29 is 33.2 Å². The highest BCUT2D eigenvalue weighted by molar-refractivity contribution is 5.69. The molecule has 10 heteroatoms. The molecule has 0 radical (unpaired) electrons. The highest BCUT2D eigenvalue weighted by atomic mass is 16.6. The predicted octanol–water partition coefficient (Wildman–Crippen LogP) is 2.11. The molecule has 0 aromatic heterocycles. The molecule has 0 aliphatic rings. The van der Waals surface area contributed by atoms with Crippen LogP contribution in [0.25, 0.3) is 10.4 Å². The summed E-state index contributed by atoms with van der Waals surface area (Å²) in [6.45, 7) is 10.2. The summed E-state index contributed by atoms with van der Waals surface area (Å²) in [7, 11) is 0. The van der Waals surface area contributed by atoms with Gasteiger partial charge < -0.3 is 28.4 Å². The third-order valence-electron chi connectivity index (χ3n) is 2.76. The molecule has 0 unspecified atom stereocenters. The van der Waals surface area contributed by atoms with Crippen molar-refractivity contribution in [2.24, 2.45) is 5.11 Å². The van der Waals surface area contributed by atoms with Crippen LogP contribution in [-0.4, -0.2) is 84.2 Å². The van der Waals surface area contributed by atoms with E-state index in [1.54, 1.807) is 0 Å². The Labute approximate surface area is 161 Å². The molecule has 0 amide bonds. The van der Waals surface area contributed by atoms with E-state index in [1.165, 1.54) is 0 Å². The molecule has 0 aliphatic carbocycles. The lowest BCUT2D eigenvalue weighted by molar-refractivity contribution is -0.156. The number of esters is 1. The predicted molar refractivity (Wildman–Crippen MR) is 98.6 cm³/mol. The van der Waals surface area contributed by atoms with Crippen LogP contribution in [-0.2, 0) is 33.2 Å². The molecule has 0 bridgehead atoms. The van der Waals surface area contributed by atoms with Gasteiger partial charge in [-0.25, -0.2) is 0 Å². The number of nitrogens with zero attached hydrogens (tertiary/aromatic N) is 3. The van der Waals surface area contributed by atoms with E-state index < -0.39 is 5.60 Å². The van der Waals surface area contributed by atoms with E-state index >= 15 is 0 Å². The minimum Gasteiger partial charge on any atom is -0.460 e. The number of hydrogen-bond donors (Lipinski definition) is 0. The molecule has 0 saturated heterocycles. The van der Waals surface area contributed by atoms with Crippen molar-refractivity contribution in [1.82, 2.24) is 0 Å². The summed E-state index contributed by atoms with van der Waals surface area (Å²) in [4.78, 5) is 14.1. The van der Waals surface area contributed by atoms with Crippen molar-refractivity contribution in [1.29, 1.82) is 0 Å². The fourth-order valence-electron chi connectivity index (χ4n) is 1.68. The number of carbonyl (C=O) groups is 1. The van der Waals surface area contributed by atoms with Crippen molar-refractivity contribution in [3.05, 3.63) is 10.4 Å². The minimum atomic E-state index is -0.465. The first-order chi connectivity index (χ1) is 13.0. The lowest BCUT2D eigenvalue weighted by Gasteiger charge is -2.19. The van der Waals surface area contributed by atoms with Gasteiger partial charge in [-0.2, -0.15) is 0 Å². The fraction of sp³-hybridized carbons (Fsp3) is 0.941. The Kier molecular flexibility index (Phi) is 17.0. The SMILES string of the molecule is CC(C)(C)OC(=O)CCOCCOCCOCCOCCOCCN=[N+]=[N-]. The molecule has 0 saturated carbocycles. The molecule has 0 spiro atoms. The normalized spacial score (nSPS) is 11.2. The Morgan fingerprint density at radius 2 is 1.19 bits per heavy atom. The average Bonchev–Trinajstić information content (AvgIpc) is 2.59. The van der Waals surface area contributed by atoms with Gasteiger partial charge in [-0.05, 0) is 26.3 Å². The van der Waals surface area contributed by atoms with Crippen LogP contribution in [0.2, 0.25) is 0 Å². The molecule has 158 valence electrons. The van der Waals surface area contributed by atoms with Crippen LogP contribution in [0.4, 0.5) is 0 Å². The molecule has 0 fully saturated rings. The van der Waals surface area contributed by atoms with Crippen molar-refractivity contribution in [2.75, 3.05) is 72.6 Å². The van der Waals surface area contributed by atoms with Gasteiger partial charge in [-0.1, -0.05) is 5.11 Å². The summed E-state index contributed by atoms with van der Waals surface area (Å²) < 4.78 is 31.7. The fourth-order valence-corrected chi connectivity index (χ4v) is 1.68. The van der Waals surface area contributed by atoms with E-state index in [1.807, 2.05) is 20.8 Å². The third-order valence-corrected chi connectivity index (χ3v) is 2.76. The maximum Gasteiger partial charge on any atom is 0.308 e. The molecule has 0 rings (SSSR count). The van der Waals surface area contributed by atoms with Crippen molar-refractivity contribution in [3.8, 4) is 0 Å². The zero-order valence-electron chi connectivity index (χ0n) is 16.7. The van der Waals surface area contributed by atoms with Gasteiger partial charge in [0.15, 0.2) is 0 Å². The Morgan fingerprint density at radius 3 is 1.59 bits per heavy atom. The van der Waals surface area contributed by atoms with Crippen LogP contribution in [0, 0.1) is 0 Å². The first-order valence-electron chi connectivity index (χ1n) is 9.07. The average molecular weight is 391 g/mol. The first-order valence-corrected chi connectivity index (χ1v) is 9.07. The summed E-state index contributed by atoms with van der Waals surface area (Å²) in [5.41, 5.74) is 7.61. The summed E-state index contributed by atoms with van der Waals surface area (Å²) >= 11 is 0. The Bertz CT molecular complexity index is 410. The summed E-state index contributed by atoms with van der Waals surface area (Å²) in [5, 5.41) is 3.35. The lowest BCUT2D eigenvalue weighted by atomic mass is 10.2. The molecule has 0 aliphatic heterocycles. The van der Waals surface area contributed by atoms with Crippen LogP contribution in [0.5, 0.6) is 0 Å². The van der Waals surface area contributed by atoms with E-state index in [4.69, 9.17) is 34.0 Å². The summed E-state index contributed by atoms with van der Waals surface area (Å²) in [6, 6.07) is 0. The molecule has 27 heavy (non-hydrogen) atoms. The number of azide groups is 1. The standard InChI is InChI=1S/C17H33N3O7/c1-17(2,3)27-16(21)4-6-22-8-10-24-12-14-26-15-13-25-11-9-23-7-5-19-20-18/h4-15H2,1-3H3. The van der Waals surface area contributed by atoms with Crippen molar-refractivity contribution in [2.45, 2.75) is 32.8 Å². The Morgan fingerprint density at radius 1 is 0.778 bits per heavy atom. The van der Waals surface area contributed by atoms with Gasteiger partial charge >= 0.3 is 5.97 Å². The smallest absolute Gasteiger partial charge is 0.308 e. The first kappa shape index (κ1) is 25.6. The zero-order chi connectivity index (χ0) is 20.2. The molecular formula is C17H33N3O7. The topological polar surface area (TPSA) is 121 Å². The maximum atomic E-state index is 11.4. The highest BCUT2D eigenvalue weighted by Crippen LogP contribution is 2.07. The lowest BCUT2D eigenvalue weighted by Crippen LogP contribution is -2.24. The monoisotopic (exact) mass is 391 g/mol. The van der Waals surface area contributed by atoms with Crippen LogP contribution in [0.3, 0.4) is 0 Å². The second-order valence-corrected chi connectivity index (χ2v) is 6.35. The van der Waals surface area contributed by atoms with Gasteiger partial charge in [-0.15, -0.1) is 0 Å². The van der Waals surface area contributed by atoms with Crippen LogP contribution in [0.1, 0.15) is 27.2 Å². The summed E-state index contributed by atoms with van der Waals surface area (Å²) in [6.07, 6.45) is 0.235. The largest absolute Gasteiger partial charge is 0.460 e. The Hall–Kier alpha value is -1.42. The van der Waals surface area contributed by atoms with Crippen LogP contribution >= 0.6 is 0 Å². The van der Waals surface area contributed by atoms with E-state index in [0.717, 1.165) is 0 Å². The van der Waals surface area contributed by atoms with Crippen LogP contribution in [0.15, 0.2) is 5.11 Å². The molecule has 0 aromatic carbocycles. The second-order valence-electron chi connectivity index (χ2n) is 6.35. The second kappa shape index (κ2) is 18.0. The van der Waals surface area contributed by atoms with E-state index in [9.17, 15) is 4.79 Å². The van der Waals surface area contributed by atoms with E-state index in [2.05, 4.69) is 10.0 Å². The minimum absolute atomic E-state index is 0.235. The highest BCUT2D eigenvalue weighted by Gasteiger charge is 2.15. The van der Waals surface area contributed by atoms with E-state index in [-0.39, 0.29) is 12.4 Å². The number of hydrogen-bond acceptors (Lipinski definition) is 8. The van der Waals surface area contributed by atoms with Gasteiger partial charge in [0.25, 0.3) is 0 Å². The van der Waals surface area contributed by atoms with Gasteiger partial charge in [0.2, 0.25) is 0 Å². The van der Waals surface area contributed by atoms with E-state index in [0.29, 0.717) is 72.6 Å². The van der Waals surface area contributed by atoms with Gasteiger partial charge in [0.1, 0.15) is 5.60 Å². The molecule has 0 N–H and O–H groups in total. The molecule has 10 nitrogen and oxygen atoms in total. The number of ether oxygens (including phenoxy) is 6.